The Bertz CT molecular complexity index is 450. The summed E-state index contributed by atoms with van der Waals surface area (Å²) in [6.45, 7) is 8.27. The highest BCUT2D eigenvalue weighted by molar-refractivity contribution is 7.80. The maximum absolute atomic E-state index is 6.02. The smallest absolute Gasteiger partial charge is 0.399 e. The van der Waals surface area contributed by atoms with Crippen LogP contribution in [0.5, 0.6) is 0 Å². The first-order chi connectivity index (χ1) is 8.86. The number of hydrogen-bond acceptors (Lipinski definition) is 3. The van der Waals surface area contributed by atoms with Gasteiger partial charge in [0.1, 0.15) is 0 Å². The van der Waals surface area contributed by atoms with E-state index in [0.29, 0.717) is 0 Å². The predicted octanol–water partition coefficient (Wildman–Crippen LogP) is 2.93. The molecule has 102 valence electrons. The van der Waals surface area contributed by atoms with Gasteiger partial charge >= 0.3 is 7.12 Å². The second kappa shape index (κ2) is 5.35. The van der Waals surface area contributed by atoms with E-state index >= 15 is 0 Å². The summed E-state index contributed by atoms with van der Waals surface area (Å²) in [5.41, 5.74) is 1.64. The van der Waals surface area contributed by atoms with E-state index in [-0.39, 0.29) is 18.3 Å². The van der Waals surface area contributed by atoms with E-state index in [1.165, 1.54) is 0 Å². The first-order valence-electron chi connectivity index (χ1n) is 6.59. The van der Waals surface area contributed by atoms with Gasteiger partial charge in [0.05, 0.1) is 11.2 Å². The zero-order valence-corrected chi connectivity index (χ0v) is 12.9. The van der Waals surface area contributed by atoms with Gasteiger partial charge in [-0.3, -0.25) is 0 Å². The lowest BCUT2D eigenvalue weighted by Crippen LogP contribution is -2.41. The van der Waals surface area contributed by atoms with Crippen molar-refractivity contribution in [3.8, 4) is 0 Å². The third-order valence-corrected chi connectivity index (χ3v) is 4.09. The molecule has 1 aromatic carbocycles. The van der Waals surface area contributed by atoms with Crippen LogP contribution in [0, 0.1) is 0 Å². The van der Waals surface area contributed by atoms with Crippen LogP contribution in [0.15, 0.2) is 30.3 Å². The Morgan fingerprint density at radius 3 is 2.05 bits per heavy atom. The molecule has 0 spiro atoms. The molecule has 0 saturated carbocycles. The molecule has 0 N–H and O–H groups in total. The van der Waals surface area contributed by atoms with Gasteiger partial charge in [-0.05, 0) is 38.7 Å². The molecular weight excluding hydrogens is 255 g/mol. The van der Waals surface area contributed by atoms with E-state index in [1.54, 1.807) is 0 Å². The van der Waals surface area contributed by atoms with Crippen molar-refractivity contribution < 1.29 is 9.31 Å². The fourth-order valence-electron chi connectivity index (χ4n) is 1.93. The van der Waals surface area contributed by atoms with Crippen molar-refractivity contribution in [2.45, 2.75) is 38.9 Å². The molecule has 0 aromatic heterocycles. The van der Waals surface area contributed by atoms with E-state index in [2.05, 4.69) is 70.7 Å². The molecule has 1 saturated heterocycles. The molecule has 1 aliphatic rings. The fourth-order valence-corrected chi connectivity index (χ4v) is 2.04. The van der Waals surface area contributed by atoms with Crippen LogP contribution in [0.2, 0.25) is 0 Å². The van der Waals surface area contributed by atoms with Gasteiger partial charge in [0.25, 0.3) is 0 Å². The zero-order chi connectivity index (χ0) is 14.1. The Morgan fingerprint density at radius 2 is 1.58 bits per heavy atom. The topological polar surface area (TPSA) is 18.5 Å². The standard InChI is InChI=1S/C15H21BO2S/c1-14(2)15(3,4)18-16(17-14)13-9-7-12(8-10-13)6-5-11-19/h5-10,19H,11H2,1-4H3. The summed E-state index contributed by atoms with van der Waals surface area (Å²) in [6.07, 6.45) is 4.08. The van der Waals surface area contributed by atoms with E-state index in [0.717, 1.165) is 16.8 Å². The van der Waals surface area contributed by atoms with Crippen LogP contribution in [0.4, 0.5) is 0 Å². The molecule has 1 aliphatic heterocycles. The molecule has 0 amide bonds. The molecular formula is C15H21BO2S. The average Bonchev–Trinajstić information content (AvgIpc) is 2.56. The molecule has 1 heterocycles. The maximum atomic E-state index is 6.02. The first kappa shape index (κ1) is 14.7. The van der Waals surface area contributed by atoms with Crippen LogP contribution in [0.1, 0.15) is 33.3 Å². The van der Waals surface area contributed by atoms with Crippen molar-refractivity contribution in [3.05, 3.63) is 35.9 Å². The van der Waals surface area contributed by atoms with Gasteiger partial charge in [0.15, 0.2) is 0 Å². The number of benzene rings is 1. The predicted molar refractivity (Wildman–Crippen MR) is 85.0 cm³/mol. The van der Waals surface area contributed by atoms with Crippen molar-refractivity contribution in [2.75, 3.05) is 5.75 Å². The minimum atomic E-state index is -0.289. The molecule has 2 rings (SSSR count). The van der Waals surface area contributed by atoms with Crippen molar-refractivity contribution in [2.24, 2.45) is 0 Å². The normalized spacial score (nSPS) is 21.2. The Morgan fingerprint density at radius 1 is 1.05 bits per heavy atom. The maximum Gasteiger partial charge on any atom is 0.494 e. The lowest BCUT2D eigenvalue weighted by atomic mass is 9.79. The van der Waals surface area contributed by atoms with Crippen LogP contribution in [-0.2, 0) is 9.31 Å². The van der Waals surface area contributed by atoms with Gasteiger partial charge in [-0.2, -0.15) is 12.6 Å². The summed E-state index contributed by atoms with van der Waals surface area (Å²) in [6, 6.07) is 8.25. The average molecular weight is 276 g/mol. The van der Waals surface area contributed by atoms with Crippen LogP contribution in [0.3, 0.4) is 0 Å². The molecule has 19 heavy (non-hydrogen) atoms. The fraction of sp³-hybridized carbons (Fsp3) is 0.467. The van der Waals surface area contributed by atoms with Gasteiger partial charge in [-0.1, -0.05) is 36.4 Å². The lowest BCUT2D eigenvalue weighted by Gasteiger charge is -2.32. The van der Waals surface area contributed by atoms with Crippen LogP contribution >= 0.6 is 12.6 Å². The van der Waals surface area contributed by atoms with Crippen molar-refractivity contribution in [3.63, 3.8) is 0 Å². The third-order valence-electron chi connectivity index (χ3n) is 3.88. The second-order valence-electron chi connectivity index (χ2n) is 5.84. The summed E-state index contributed by atoms with van der Waals surface area (Å²) in [7, 11) is -0.284. The minimum absolute atomic E-state index is 0.284. The molecule has 0 radical (unpaired) electrons. The summed E-state index contributed by atoms with van der Waals surface area (Å²) in [5, 5.41) is 0. The van der Waals surface area contributed by atoms with Crippen molar-refractivity contribution in [1.29, 1.82) is 0 Å². The Balaban J connectivity index is 2.14. The Kier molecular flexibility index (Phi) is 4.14. The number of hydrogen-bond donors (Lipinski definition) is 1. The zero-order valence-electron chi connectivity index (χ0n) is 12.0. The molecule has 1 aromatic rings. The highest BCUT2D eigenvalue weighted by Crippen LogP contribution is 2.36. The lowest BCUT2D eigenvalue weighted by molar-refractivity contribution is 0.00578. The van der Waals surface area contributed by atoms with Gasteiger partial charge in [-0.25, -0.2) is 0 Å². The molecule has 0 aliphatic carbocycles. The van der Waals surface area contributed by atoms with Gasteiger partial charge in [0, 0.05) is 5.75 Å². The molecule has 4 heteroatoms. The van der Waals surface area contributed by atoms with Crippen LogP contribution in [-0.4, -0.2) is 24.1 Å². The first-order valence-corrected chi connectivity index (χ1v) is 7.22. The second-order valence-corrected chi connectivity index (χ2v) is 6.21. The van der Waals surface area contributed by atoms with Gasteiger partial charge in [-0.15, -0.1) is 0 Å². The van der Waals surface area contributed by atoms with Crippen LogP contribution in [0.25, 0.3) is 6.08 Å². The van der Waals surface area contributed by atoms with E-state index < -0.39 is 0 Å². The van der Waals surface area contributed by atoms with E-state index in [1.807, 2.05) is 6.08 Å². The van der Waals surface area contributed by atoms with Crippen molar-refractivity contribution >= 4 is 31.3 Å². The molecule has 0 atom stereocenters. The quantitative estimate of drug-likeness (QED) is 0.676. The highest BCUT2D eigenvalue weighted by atomic mass is 32.1. The van der Waals surface area contributed by atoms with Gasteiger partial charge < -0.3 is 9.31 Å². The Hall–Kier alpha value is -0.705. The third kappa shape index (κ3) is 3.07. The van der Waals surface area contributed by atoms with Gasteiger partial charge in [0.2, 0.25) is 0 Å². The Labute approximate surface area is 121 Å². The molecule has 0 bridgehead atoms. The minimum Gasteiger partial charge on any atom is -0.399 e. The highest BCUT2D eigenvalue weighted by Gasteiger charge is 2.51. The summed E-state index contributed by atoms with van der Waals surface area (Å²) in [4.78, 5) is 0. The molecule has 0 unspecified atom stereocenters. The monoisotopic (exact) mass is 276 g/mol. The summed E-state index contributed by atoms with van der Waals surface area (Å²) < 4.78 is 12.0. The van der Waals surface area contributed by atoms with Crippen LogP contribution < -0.4 is 5.46 Å². The van der Waals surface area contributed by atoms with Crippen molar-refractivity contribution in [1.82, 2.24) is 0 Å². The SMILES string of the molecule is CC1(C)OB(c2ccc(C=CCS)cc2)OC1(C)C. The number of thiol groups is 1. The number of rotatable bonds is 3. The largest absolute Gasteiger partial charge is 0.494 e. The summed E-state index contributed by atoms with van der Waals surface area (Å²) in [5.74, 6) is 0.749. The molecule has 2 nitrogen and oxygen atoms in total. The van der Waals surface area contributed by atoms with E-state index in [9.17, 15) is 0 Å². The summed E-state index contributed by atoms with van der Waals surface area (Å²) >= 11 is 4.15. The molecule has 1 fully saturated rings. The van der Waals surface area contributed by atoms with E-state index in [4.69, 9.17) is 9.31 Å².